The predicted octanol–water partition coefficient (Wildman–Crippen LogP) is 5.09. The molecule has 0 saturated carbocycles. The van der Waals surface area contributed by atoms with E-state index in [1.54, 1.807) is 0 Å². The first-order valence-corrected chi connectivity index (χ1v) is 7.86. The lowest BCUT2D eigenvalue weighted by Crippen LogP contribution is -2.33. The quantitative estimate of drug-likeness (QED) is 0.809. The summed E-state index contributed by atoms with van der Waals surface area (Å²) in [6, 6.07) is 16.8. The van der Waals surface area contributed by atoms with Crippen molar-refractivity contribution in [2.24, 2.45) is 0 Å². The largest absolute Gasteiger partial charge is 0.387 e. The van der Waals surface area contributed by atoms with Crippen LogP contribution in [0, 0.1) is 13.8 Å². The van der Waals surface area contributed by atoms with Crippen LogP contribution in [0.3, 0.4) is 0 Å². The molecule has 0 aliphatic rings. The van der Waals surface area contributed by atoms with E-state index in [-0.39, 0.29) is 5.41 Å². The molecule has 0 aliphatic carbocycles. The molecule has 0 bridgehead atoms. The minimum Gasteiger partial charge on any atom is -0.387 e. The Balaban J connectivity index is 2.54. The highest BCUT2D eigenvalue weighted by molar-refractivity contribution is 5.37. The second-order valence-electron chi connectivity index (χ2n) is 5.99. The summed E-state index contributed by atoms with van der Waals surface area (Å²) in [5.41, 5.74) is 4.42. The number of aryl methyl sites for hydroxylation is 2. The van der Waals surface area contributed by atoms with Gasteiger partial charge in [0.05, 0.1) is 6.10 Å². The van der Waals surface area contributed by atoms with Crippen molar-refractivity contribution in [1.82, 2.24) is 0 Å². The molecule has 1 heteroatoms. The van der Waals surface area contributed by atoms with Gasteiger partial charge in [-0.3, -0.25) is 0 Å². The van der Waals surface area contributed by atoms with E-state index in [1.807, 2.05) is 6.07 Å². The minimum absolute atomic E-state index is 0.222. The van der Waals surface area contributed by atoms with Crippen molar-refractivity contribution in [2.75, 3.05) is 0 Å². The van der Waals surface area contributed by atoms with Crippen LogP contribution in [0.2, 0.25) is 0 Å². The molecule has 2 rings (SSSR count). The lowest BCUT2D eigenvalue weighted by molar-refractivity contribution is 0.0721. The van der Waals surface area contributed by atoms with Gasteiger partial charge in [0.25, 0.3) is 0 Å². The number of hydrogen-bond acceptors (Lipinski definition) is 1. The Morgan fingerprint density at radius 1 is 0.952 bits per heavy atom. The molecule has 0 saturated heterocycles. The van der Waals surface area contributed by atoms with Gasteiger partial charge < -0.3 is 5.11 Å². The van der Waals surface area contributed by atoms with Gasteiger partial charge >= 0.3 is 0 Å². The summed E-state index contributed by atoms with van der Waals surface area (Å²) < 4.78 is 0. The Kier molecular flexibility index (Phi) is 4.84. The lowest BCUT2D eigenvalue weighted by atomic mass is 9.69. The van der Waals surface area contributed by atoms with Gasteiger partial charge in [0, 0.05) is 5.41 Å². The summed E-state index contributed by atoms with van der Waals surface area (Å²) in [5.74, 6) is 0. The molecule has 1 unspecified atom stereocenters. The molecule has 21 heavy (non-hydrogen) atoms. The summed E-state index contributed by atoms with van der Waals surface area (Å²) in [4.78, 5) is 0. The molecule has 2 aromatic carbocycles. The van der Waals surface area contributed by atoms with Gasteiger partial charge in [-0.2, -0.15) is 0 Å². The Bertz CT molecular complexity index is 582. The van der Waals surface area contributed by atoms with Crippen LogP contribution < -0.4 is 0 Å². The van der Waals surface area contributed by atoms with E-state index in [9.17, 15) is 5.11 Å². The zero-order valence-corrected chi connectivity index (χ0v) is 13.6. The number of rotatable bonds is 5. The van der Waals surface area contributed by atoms with Crippen molar-refractivity contribution < 1.29 is 5.11 Å². The molecule has 112 valence electrons. The van der Waals surface area contributed by atoms with E-state index in [2.05, 4.69) is 70.2 Å². The maximum atomic E-state index is 11.2. The highest BCUT2D eigenvalue weighted by atomic mass is 16.3. The third-order valence-electron chi connectivity index (χ3n) is 4.86. The Morgan fingerprint density at radius 3 is 2.14 bits per heavy atom. The standard InChI is InChI=1S/C20H26O/c1-5-20(6-2,17-10-8-7-9-11-17)19(21)18-14-15(3)12-13-16(18)4/h7-14,19,21H,5-6H2,1-4H3. The van der Waals surface area contributed by atoms with Crippen LogP contribution >= 0.6 is 0 Å². The highest BCUT2D eigenvalue weighted by Gasteiger charge is 2.37. The first kappa shape index (κ1) is 15.8. The van der Waals surface area contributed by atoms with Gasteiger partial charge in [-0.15, -0.1) is 0 Å². The third-order valence-corrected chi connectivity index (χ3v) is 4.86. The van der Waals surface area contributed by atoms with Gasteiger partial charge in [0.2, 0.25) is 0 Å². The summed E-state index contributed by atoms with van der Waals surface area (Å²) >= 11 is 0. The van der Waals surface area contributed by atoms with Crippen molar-refractivity contribution in [3.8, 4) is 0 Å². The fourth-order valence-corrected chi connectivity index (χ4v) is 3.33. The first-order chi connectivity index (χ1) is 10.0. The van der Waals surface area contributed by atoms with E-state index in [0.29, 0.717) is 0 Å². The SMILES string of the molecule is CCC(CC)(c1ccccc1)C(O)c1cc(C)ccc1C. The van der Waals surface area contributed by atoms with Gasteiger partial charge in [0.15, 0.2) is 0 Å². The van der Waals surface area contributed by atoms with Crippen molar-refractivity contribution in [2.45, 2.75) is 52.1 Å². The van der Waals surface area contributed by atoms with E-state index in [1.165, 1.54) is 11.1 Å². The molecule has 0 aromatic heterocycles. The molecule has 0 radical (unpaired) electrons. The molecule has 0 spiro atoms. The van der Waals surface area contributed by atoms with Crippen LogP contribution in [0.25, 0.3) is 0 Å². The summed E-state index contributed by atoms with van der Waals surface area (Å²) in [7, 11) is 0. The molecular formula is C20H26O. The van der Waals surface area contributed by atoms with Gasteiger partial charge in [0.1, 0.15) is 0 Å². The molecule has 0 aliphatic heterocycles. The van der Waals surface area contributed by atoms with Gasteiger partial charge in [-0.1, -0.05) is 67.9 Å². The molecule has 1 nitrogen and oxygen atoms in total. The van der Waals surface area contributed by atoms with E-state index in [0.717, 1.165) is 24.0 Å². The number of aliphatic hydroxyl groups excluding tert-OH is 1. The Labute approximate surface area is 128 Å². The monoisotopic (exact) mass is 282 g/mol. The average Bonchev–Trinajstić information content (AvgIpc) is 2.52. The molecule has 0 amide bonds. The van der Waals surface area contributed by atoms with E-state index < -0.39 is 6.10 Å². The fourth-order valence-electron chi connectivity index (χ4n) is 3.33. The van der Waals surface area contributed by atoms with Crippen LogP contribution in [-0.2, 0) is 5.41 Å². The maximum Gasteiger partial charge on any atom is 0.0889 e. The number of benzene rings is 2. The number of hydrogen-bond donors (Lipinski definition) is 1. The minimum atomic E-state index is -0.477. The topological polar surface area (TPSA) is 20.2 Å². The average molecular weight is 282 g/mol. The zero-order chi connectivity index (χ0) is 15.5. The van der Waals surface area contributed by atoms with Crippen molar-refractivity contribution in [3.05, 3.63) is 70.8 Å². The van der Waals surface area contributed by atoms with Crippen LogP contribution in [0.5, 0.6) is 0 Å². The second kappa shape index (κ2) is 6.44. The summed E-state index contributed by atoms with van der Waals surface area (Å²) in [5, 5.41) is 11.2. The normalized spacial score (nSPS) is 13.2. The highest BCUT2D eigenvalue weighted by Crippen LogP contribution is 2.44. The maximum absolute atomic E-state index is 11.2. The third kappa shape index (κ3) is 2.89. The van der Waals surface area contributed by atoms with Crippen LogP contribution in [0.1, 0.15) is 55.0 Å². The van der Waals surface area contributed by atoms with Crippen molar-refractivity contribution >= 4 is 0 Å². The van der Waals surface area contributed by atoms with Crippen molar-refractivity contribution in [3.63, 3.8) is 0 Å². The Morgan fingerprint density at radius 2 is 1.57 bits per heavy atom. The summed E-state index contributed by atoms with van der Waals surface area (Å²) in [6.45, 7) is 8.51. The first-order valence-electron chi connectivity index (χ1n) is 7.86. The van der Waals surface area contributed by atoms with Gasteiger partial charge in [-0.25, -0.2) is 0 Å². The molecule has 1 atom stereocenters. The number of aliphatic hydroxyl groups is 1. The van der Waals surface area contributed by atoms with Crippen LogP contribution in [0.4, 0.5) is 0 Å². The predicted molar refractivity (Wildman–Crippen MR) is 89.6 cm³/mol. The van der Waals surface area contributed by atoms with Gasteiger partial charge in [-0.05, 0) is 43.4 Å². The van der Waals surface area contributed by atoms with E-state index >= 15 is 0 Å². The zero-order valence-electron chi connectivity index (χ0n) is 13.6. The second-order valence-corrected chi connectivity index (χ2v) is 5.99. The molecule has 2 aromatic rings. The van der Waals surface area contributed by atoms with Crippen molar-refractivity contribution in [1.29, 1.82) is 0 Å². The van der Waals surface area contributed by atoms with Crippen LogP contribution in [-0.4, -0.2) is 5.11 Å². The summed E-state index contributed by atoms with van der Waals surface area (Å²) in [6.07, 6.45) is 1.36. The Hall–Kier alpha value is -1.60. The van der Waals surface area contributed by atoms with Crippen LogP contribution in [0.15, 0.2) is 48.5 Å². The fraction of sp³-hybridized carbons (Fsp3) is 0.400. The molecular weight excluding hydrogens is 256 g/mol. The molecule has 1 N–H and O–H groups in total. The molecule has 0 fully saturated rings. The lowest BCUT2D eigenvalue weighted by Gasteiger charge is -2.38. The molecule has 0 heterocycles. The smallest absolute Gasteiger partial charge is 0.0889 e. The van der Waals surface area contributed by atoms with E-state index in [4.69, 9.17) is 0 Å².